The maximum Gasteiger partial charge on any atom is 0.264 e. The Kier molecular flexibility index (Phi) is 12.2. The van der Waals surface area contributed by atoms with Crippen LogP contribution in [0.1, 0.15) is 30.9 Å². The van der Waals surface area contributed by atoms with Crippen LogP contribution in [0.15, 0.2) is 114 Å². The number of amides is 2. The van der Waals surface area contributed by atoms with E-state index >= 15 is 0 Å². The Morgan fingerprint density at radius 3 is 2.04 bits per heavy atom. The monoisotopic (exact) mass is 643 g/mol. The highest BCUT2D eigenvalue weighted by Crippen LogP contribution is 2.28. The van der Waals surface area contributed by atoms with Crippen molar-refractivity contribution >= 4 is 27.5 Å². The molecule has 0 bridgehead atoms. The second-order valence-corrected chi connectivity index (χ2v) is 12.6. The van der Waals surface area contributed by atoms with Gasteiger partial charge in [0.25, 0.3) is 10.0 Å². The van der Waals surface area contributed by atoms with Crippen molar-refractivity contribution in [1.82, 2.24) is 10.2 Å². The lowest BCUT2D eigenvalue weighted by Gasteiger charge is -2.34. The molecule has 4 rings (SSSR count). The normalized spacial score (nSPS) is 11.7. The molecule has 9 nitrogen and oxygen atoms in total. The Labute approximate surface area is 271 Å². The average Bonchev–Trinajstić information content (AvgIpc) is 3.09. The van der Waals surface area contributed by atoms with Crippen molar-refractivity contribution < 1.29 is 27.5 Å². The Bertz CT molecular complexity index is 1680. The van der Waals surface area contributed by atoms with Crippen LogP contribution >= 0.6 is 0 Å². The predicted octanol–water partition coefficient (Wildman–Crippen LogP) is 5.46. The molecule has 4 aromatic rings. The number of anilines is 1. The van der Waals surface area contributed by atoms with Gasteiger partial charge >= 0.3 is 0 Å². The van der Waals surface area contributed by atoms with Gasteiger partial charge in [0.2, 0.25) is 11.8 Å². The van der Waals surface area contributed by atoms with Gasteiger partial charge in [0, 0.05) is 25.6 Å². The van der Waals surface area contributed by atoms with Gasteiger partial charge < -0.3 is 19.7 Å². The van der Waals surface area contributed by atoms with E-state index in [2.05, 4.69) is 5.32 Å². The third-order valence-electron chi connectivity index (χ3n) is 7.54. The molecule has 242 valence electrons. The van der Waals surface area contributed by atoms with E-state index in [9.17, 15) is 18.0 Å². The number of benzene rings is 4. The van der Waals surface area contributed by atoms with E-state index in [0.717, 1.165) is 28.3 Å². The van der Waals surface area contributed by atoms with Crippen LogP contribution in [0, 0.1) is 0 Å². The fourth-order valence-corrected chi connectivity index (χ4v) is 6.47. The molecular formula is C36H41N3O6S. The number of ether oxygens (including phenoxy) is 2. The lowest BCUT2D eigenvalue weighted by Crippen LogP contribution is -2.53. The van der Waals surface area contributed by atoms with E-state index in [-0.39, 0.29) is 29.5 Å². The number of methoxy groups -OCH3 is 2. The maximum atomic E-state index is 14.6. The first kappa shape index (κ1) is 34.1. The molecule has 0 saturated carbocycles. The van der Waals surface area contributed by atoms with Crippen molar-refractivity contribution in [2.45, 2.75) is 43.7 Å². The minimum Gasteiger partial charge on any atom is -0.497 e. The molecule has 1 unspecified atom stereocenters. The highest BCUT2D eigenvalue weighted by molar-refractivity contribution is 7.92. The third-order valence-corrected chi connectivity index (χ3v) is 9.33. The Morgan fingerprint density at radius 1 is 0.783 bits per heavy atom. The summed E-state index contributed by atoms with van der Waals surface area (Å²) in [6, 6.07) is 30.3. The summed E-state index contributed by atoms with van der Waals surface area (Å²) in [4.78, 5) is 29.9. The number of nitrogens with zero attached hydrogens (tertiary/aromatic N) is 2. The largest absolute Gasteiger partial charge is 0.497 e. The van der Waals surface area contributed by atoms with Gasteiger partial charge in [-0.3, -0.25) is 13.9 Å². The van der Waals surface area contributed by atoms with Crippen LogP contribution in [0.4, 0.5) is 5.69 Å². The molecule has 4 aromatic carbocycles. The lowest BCUT2D eigenvalue weighted by molar-refractivity contribution is -0.140. The molecule has 0 heterocycles. The number of hydrogen-bond donors (Lipinski definition) is 1. The summed E-state index contributed by atoms with van der Waals surface area (Å²) < 4.78 is 40.1. The summed E-state index contributed by atoms with van der Waals surface area (Å²) in [6.07, 6.45) is 1.91. The molecule has 10 heteroatoms. The van der Waals surface area contributed by atoms with Crippen molar-refractivity contribution in [1.29, 1.82) is 0 Å². The molecule has 1 N–H and O–H groups in total. The number of carbonyl (C=O) groups is 2. The molecule has 0 fully saturated rings. The van der Waals surface area contributed by atoms with E-state index in [4.69, 9.17) is 9.47 Å². The first-order chi connectivity index (χ1) is 22.3. The molecule has 0 aliphatic heterocycles. The van der Waals surface area contributed by atoms with Gasteiger partial charge in [-0.1, -0.05) is 80.1 Å². The number of rotatable bonds is 16. The van der Waals surface area contributed by atoms with Crippen molar-refractivity contribution in [2.24, 2.45) is 0 Å². The maximum absolute atomic E-state index is 14.6. The smallest absolute Gasteiger partial charge is 0.264 e. The highest BCUT2D eigenvalue weighted by Gasteiger charge is 2.34. The van der Waals surface area contributed by atoms with Crippen LogP contribution in [-0.2, 0) is 32.6 Å². The molecule has 0 spiro atoms. The zero-order valence-electron chi connectivity index (χ0n) is 26.5. The van der Waals surface area contributed by atoms with Crippen LogP contribution < -0.4 is 19.1 Å². The van der Waals surface area contributed by atoms with E-state index in [1.165, 1.54) is 24.1 Å². The van der Waals surface area contributed by atoms with Gasteiger partial charge in [-0.15, -0.1) is 0 Å². The van der Waals surface area contributed by atoms with Crippen molar-refractivity contribution in [3.05, 3.63) is 120 Å². The van der Waals surface area contributed by atoms with Gasteiger partial charge in [0.05, 0.1) is 24.8 Å². The van der Waals surface area contributed by atoms with Gasteiger partial charge in [0.15, 0.2) is 0 Å². The van der Waals surface area contributed by atoms with Crippen LogP contribution in [0.5, 0.6) is 11.5 Å². The third kappa shape index (κ3) is 8.88. The fourth-order valence-electron chi connectivity index (χ4n) is 5.04. The number of unbranched alkanes of at least 4 members (excludes halogenated alkanes) is 1. The summed E-state index contributed by atoms with van der Waals surface area (Å²) in [5, 5.41) is 3.00. The minimum atomic E-state index is -4.20. The summed E-state index contributed by atoms with van der Waals surface area (Å²) >= 11 is 0. The van der Waals surface area contributed by atoms with Crippen LogP contribution in [0.3, 0.4) is 0 Å². The topological polar surface area (TPSA) is 105 Å². The van der Waals surface area contributed by atoms with E-state index in [0.29, 0.717) is 18.0 Å². The summed E-state index contributed by atoms with van der Waals surface area (Å²) in [7, 11) is -1.16. The van der Waals surface area contributed by atoms with Crippen molar-refractivity contribution in [3.63, 3.8) is 0 Å². The molecule has 0 aliphatic rings. The number of sulfonamides is 1. The van der Waals surface area contributed by atoms with Crippen LogP contribution in [-0.4, -0.2) is 58.5 Å². The molecule has 0 radical (unpaired) electrons. The summed E-state index contributed by atoms with van der Waals surface area (Å²) in [5.41, 5.74) is 1.85. The fraction of sp³-hybridized carbons (Fsp3) is 0.278. The van der Waals surface area contributed by atoms with E-state index < -0.39 is 28.5 Å². The van der Waals surface area contributed by atoms with Gasteiger partial charge in [-0.05, 0) is 53.9 Å². The Morgan fingerprint density at radius 2 is 1.39 bits per heavy atom. The zero-order chi connectivity index (χ0) is 32.9. The van der Waals surface area contributed by atoms with Gasteiger partial charge in [-0.25, -0.2) is 8.42 Å². The first-order valence-corrected chi connectivity index (χ1v) is 16.7. The number of nitrogens with one attached hydrogen (secondary N) is 1. The molecule has 0 aliphatic carbocycles. The first-order valence-electron chi connectivity index (χ1n) is 15.2. The highest BCUT2D eigenvalue weighted by atomic mass is 32.2. The minimum absolute atomic E-state index is 0.0307. The standard InChI is InChI=1S/C36H41N3O6S/c1-4-5-22-37-36(41)34(24-28-14-8-6-9-15-28)38(26-29-16-12-18-31(23-29)44-2)35(40)27-39(30-17-13-19-32(25-30)45-3)46(42,43)33-20-10-7-11-21-33/h6-21,23,25,34H,4-5,22,24,26-27H2,1-3H3,(H,37,41). The van der Waals surface area contributed by atoms with Crippen LogP contribution in [0.2, 0.25) is 0 Å². The quantitative estimate of drug-likeness (QED) is 0.163. The molecule has 1 atom stereocenters. The zero-order valence-corrected chi connectivity index (χ0v) is 27.3. The van der Waals surface area contributed by atoms with Gasteiger partial charge in [-0.2, -0.15) is 0 Å². The predicted molar refractivity (Wildman–Crippen MR) is 179 cm³/mol. The summed E-state index contributed by atoms with van der Waals surface area (Å²) in [6.45, 7) is 1.99. The van der Waals surface area contributed by atoms with Gasteiger partial charge in [0.1, 0.15) is 24.1 Å². The molecule has 0 aromatic heterocycles. The number of hydrogen-bond acceptors (Lipinski definition) is 6. The second-order valence-electron chi connectivity index (χ2n) is 10.7. The molecule has 46 heavy (non-hydrogen) atoms. The van der Waals surface area contributed by atoms with Crippen molar-refractivity contribution in [2.75, 3.05) is 31.6 Å². The SMILES string of the molecule is CCCCNC(=O)C(Cc1ccccc1)N(Cc1cccc(OC)c1)C(=O)CN(c1cccc(OC)c1)S(=O)(=O)c1ccccc1. The Balaban J connectivity index is 1.80. The Hall–Kier alpha value is -4.83. The van der Waals surface area contributed by atoms with Crippen molar-refractivity contribution in [3.8, 4) is 11.5 Å². The number of carbonyl (C=O) groups excluding carboxylic acids is 2. The lowest BCUT2D eigenvalue weighted by atomic mass is 10.0. The average molecular weight is 644 g/mol. The molecule has 2 amide bonds. The summed E-state index contributed by atoms with van der Waals surface area (Å²) in [5.74, 6) is 0.175. The second kappa shape index (κ2) is 16.5. The van der Waals surface area contributed by atoms with Crippen LogP contribution in [0.25, 0.3) is 0 Å². The van der Waals surface area contributed by atoms with E-state index in [1.807, 2.05) is 49.4 Å². The van der Waals surface area contributed by atoms with E-state index in [1.54, 1.807) is 61.7 Å². The molecule has 0 saturated heterocycles. The molecular weight excluding hydrogens is 602 g/mol.